The van der Waals surface area contributed by atoms with Gasteiger partial charge < -0.3 is 14.4 Å². The molecule has 2 aromatic heterocycles. The van der Waals surface area contributed by atoms with Crippen LogP contribution in [-0.4, -0.2) is 86.6 Å². The van der Waals surface area contributed by atoms with Crippen LogP contribution in [0.4, 0.5) is 0 Å². The van der Waals surface area contributed by atoms with E-state index in [9.17, 15) is 5.11 Å². The molecule has 0 saturated carbocycles. The van der Waals surface area contributed by atoms with Crippen LogP contribution in [-0.2, 0) is 11.3 Å². The number of β-amino-alcohol motifs (C(OH)–C–C–N with tert-alkyl or cyclic N) is 1. The highest BCUT2D eigenvalue weighted by Crippen LogP contribution is 2.22. The van der Waals surface area contributed by atoms with E-state index in [1.165, 1.54) is 6.33 Å². The van der Waals surface area contributed by atoms with Gasteiger partial charge in [-0.1, -0.05) is 29.4 Å². The third-order valence-electron chi connectivity index (χ3n) is 5.40. The Balaban J connectivity index is 1.26. The third-order valence-corrected chi connectivity index (χ3v) is 5.40. The number of hydrogen-bond donors (Lipinski definition) is 1. The summed E-state index contributed by atoms with van der Waals surface area (Å²) in [5, 5.41) is 14.3. The molecule has 0 aliphatic carbocycles. The van der Waals surface area contributed by atoms with Gasteiger partial charge in [0.2, 0.25) is 11.7 Å². The Morgan fingerprint density at radius 1 is 1.03 bits per heavy atom. The molecule has 0 spiro atoms. The van der Waals surface area contributed by atoms with Crippen LogP contribution in [0.25, 0.3) is 22.6 Å². The van der Waals surface area contributed by atoms with Crippen molar-refractivity contribution in [3.05, 3.63) is 48.7 Å². The molecular weight excluding hydrogens is 408 g/mol. The van der Waals surface area contributed by atoms with E-state index >= 15 is 0 Å². The minimum absolute atomic E-state index is 0.136. The van der Waals surface area contributed by atoms with Crippen LogP contribution in [0.1, 0.15) is 19.7 Å². The van der Waals surface area contributed by atoms with Crippen LogP contribution >= 0.6 is 0 Å². The van der Waals surface area contributed by atoms with E-state index in [0.29, 0.717) is 31.4 Å². The zero-order valence-electron chi connectivity index (χ0n) is 18.6. The number of aliphatic hydroxyl groups excluding tert-OH is 1. The van der Waals surface area contributed by atoms with Gasteiger partial charge in [0.05, 0.1) is 31.1 Å². The molecule has 0 bridgehead atoms. The topological polar surface area (TPSA) is 101 Å². The average molecular weight is 439 g/mol. The lowest BCUT2D eigenvalue weighted by molar-refractivity contribution is -0.0152. The van der Waals surface area contributed by atoms with Gasteiger partial charge in [0.15, 0.2) is 0 Å². The van der Waals surface area contributed by atoms with Crippen molar-refractivity contribution in [3.63, 3.8) is 0 Å². The average Bonchev–Trinajstić information content (AvgIpc) is 3.28. The number of piperazine rings is 1. The zero-order valence-corrected chi connectivity index (χ0v) is 18.6. The van der Waals surface area contributed by atoms with Crippen molar-refractivity contribution in [1.29, 1.82) is 0 Å². The van der Waals surface area contributed by atoms with E-state index in [-0.39, 0.29) is 6.10 Å². The van der Waals surface area contributed by atoms with Crippen molar-refractivity contribution < 1.29 is 14.4 Å². The lowest BCUT2D eigenvalue weighted by Crippen LogP contribution is -2.48. The molecule has 0 amide bonds. The molecule has 1 aliphatic rings. The van der Waals surface area contributed by atoms with Crippen LogP contribution in [0.15, 0.2) is 47.4 Å². The van der Waals surface area contributed by atoms with Crippen molar-refractivity contribution in [3.8, 4) is 22.6 Å². The van der Waals surface area contributed by atoms with E-state index in [1.807, 2.05) is 44.2 Å². The van der Waals surface area contributed by atoms with E-state index in [1.54, 1.807) is 6.20 Å². The molecule has 0 radical (unpaired) electrons. The predicted octanol–water partition coefficient (Wildman–Crippen LogP) is 2.10. The molecular formula is C23H30N6O3. The van der Waals surface area contributed by atoms with Crippen molar-refractivity contribution in [2.75, 3.05) is 39.3 Å². The van der Waals surface area contributed by atoms with Crippen molar-refractivity contribution in [2.24, 2.45) is 0 Å². The van der Waals surface area contributed by atoms with Crippen molar-refractivity contribution in [2.45, 2.75) is 32.6 Å². The summed E-state index contributed by atoms with van der Waals surface area (Å²) in [5.41, 5.74) is 2.79. The summed E-state index contributed by atoms with van der Waals surface area (Å²) in [7, 11) is 0. The first-order valence-corrected chi connectivity index (χ1v) is 11.0. The number of rotatable bonds is 9. The molecule has 3 aromatic rings. The Kier molecular flexibility index (Phi) is 7.54. The predicted molar refractivity (Wildman–Crippen MR) is 120 cm³/mol. The molecule has 4 rings (SSSR count). The minimum Gasteiger partial charge on any atom is -0.389 e. The fraction of sp³-hybridized carbons (Fsp3) is 0.478. The molecule has 9 nitrogen and oxygen atoms in total. The van der Waals surface area contributed by atoms with Crippen LogP contribution in [0.5, 0.6) is 0 Å². The van der Waals surface area contributed by atoms with Gasteiger partial charge in [0.1, 0.15) is 6.33 Å². The molecule has 1 fully saturated rings. The van der Waals surface area contributed by atoms with Gasteiger partial charge in [-0.25, -0.2) is 9.97 Å². The Labute approximate surface area is 188 Å². The van der Waals surface area contributed by atoms with Crippen LogP contribution in [0.3, 0.4) is 0 Å². The summed E-state index contributed by atoms with van der Waals surface area (Å²) >= 11 is 0. The van der Waals surface area contributed by atoms with Gasteiger partial charge in [0, 0.05) is 50.0 Å². The molecule has 170 valence electrons. The van der Waals surface area contributed by atoms with E-state index < -0.39 is 6.10 Å². The standard InChI is InChI=1S/C23H30N6O3/c1-17(2)31-15-20(30)13-28-9-11-29(12-10-28)14-22-26-23(27-32-22)19-5-3-18(4-6-19)21-7-8-24-16-25-21/h3-8,16-17,20,30H,9-15H2,1-2H3/t20-/m0/s1. The molecule has 0 unspecified atom stereocenters. The summed E-state index contributed by atoms with van der Waals surface area (Å²) in [5.74, 6) is 1.19. The summed E-state index contributed by atoms with van der Waals surface area (Å²) in [6.45, 7) is 9.16. The fourth-order valence-electron chi connectivity index (χ4n) is 3.66. The lowest BCUT2D eigenvalue weighted by Gasteiger charge is -2.34. The number of ether oxygens (including phenoxy) is 1. The Morgan fingerprint density at radius 3 is 2.44 bits per heavy atom. The first kappa shape index (κ1) is 22.5. The first-order chi connectivity index (χ1) is 15.6. The van der Waals surface area contributed by atoms with Gasteiger partial charge in [-0.15, -0.1) is 0 Å². The second-order valence-corrected chi connectivity index (χ2v) is 8.30. The second-order valence-electron chi connectivity index (χ2n) is 8.30. The smallest absolute Gasteiger partial charge is 0.241 e. The molecule has 1 saturated heterocycles. The quantitative estimate of drug-likeness (QED) is 0.538. The van der Waals surface area contributed by atoms with Gasteiger partial charge >= 0.3 is 0 Å². The number of hydrogen-bond acceptors (Lipinski definition) is 9. The highest BCUT2D eigenvalue weighted by Gasteiger charge is 2.21. The van der Waals surface area contributed by atoms with Gasteiger partial charge in [-0.2, -0.15) is 4.98 Å². The molecule has 9 heteroatoms. The van der Waals surface area contributed by atoms with Gasteiger partial charge in [-0.05, 0) is 19.9 Å². The Hall–Kier alpha value is -2.72. The molecule has 1 aliphatic heterocycles. The molecule has 32 heavy (non-hydrogen) atoms. The maximum atomic E-state index is 10.1. The van der Waals surface area contributed by atoms with Crippen molar-refractivity contribution in [1.82, 2.24) is 29.9 Å². The number of aliphatic hydroxyl groups is 1. The molecule has 1 atom stereocenters. The van der Waals surface area contributed by atoms with Gasteiger partial charge in [0.25, 0.3) is 0 Å². The van der Waals surface area contributed by atoms with Crippen molar-refractivity contribution >= 4 is 0 Å². The monoisotopic (exact) mass is 438 g/mol. The maximum Gasteiger partial charge on any atom is 0.241 e. The highest BCUT2D eigenvalue weighted by atomic mass is 16.5. The highest BCUT2D eigenvalue weighted by molar-refractivity contribution is 5.64. The molecule has 1 aromatic carbocycles. The van der Waals surface area contributed by atoms with E-state index in [0.717, 1.165) is 43.0 Å². The minimum atomic E-state index is -0.455. The second kappa shape index (κ2) is 10.7. The first-order valence-electron chi connectivity index (χ1n) is 11.0. The van der Waals surface area contributed by atoms with E-state index in [4.69, 9.17) is 9.26 Å². The molecule has 1 N–H and O–H groups in total. The lowest BCUT2D eigenvalue weighted by atomic mass is 10.1. The fourth-order valence-corrected chi connectivity index (χ4v) is 3.66. The van der Waals surface area contributed by atoms with Crippen LogP contribution < -0.4 is 0 Å². The number of nitrogens with zero attached hydrogens (tertiary/aromatic N) is 6. The SMILES string of the molecule is CC(C)OC[C@@H](O)CN1CCN(Cc2nc(-c3ccc(-c4ccncn4)cc3)no2)CC1. The van der Waals surface area contributed by atoms with Crippen LogP contribution in [0, 0.1) is 0 Å². The summed E-state index contributed by atoms with van der Waals surface area (Å²) < 4.78 is 11.0. The number of benzene rings is 1. The third kappa shape index (κ3) is 6.17. The zero-order chi connectivity index (χ0) is 22.3. The maximum absolute atomic E-state index is 10.1. The summed E-state index contributed by atoms with van der Waals surface area (Å²) in [6.07, 6.45) is 2.95. The normalized spacial score (nSPS) is 16.5. The van der Waals surface area contributed by atoms with Gasteiger partial charge in [-0.3, -0.25) is 9.80 Å². The van der Waals surface area contributed by atoms with Crippen LogP contribution in [0.2, 0.25) is 0 Å². The largest absolute Gasteiger partial charge is 0.389 e. The molecule has 3 heterocycles. The summed E-state index contributed by atoms with van der Waals surface area (Å²) in [4.78, 5) is 17.3. The number of aromatic nitrogens is 4. The van der Waals surface area contributed by atoms with E-state index in [2.05, 4.69) is 29.9 Å². The Morgan fingerprint density at radius 2 is 1.75 bits per heavy atom. The Bertz CT molecular complexity index is 955. The summed E-state index contributed by atoms with van der Waals surface area (Å²) in [6, 6.07) is 9.81.